The molecule has 2 heteroatoms. The molecule has 0 bridgehead atoms. The van der Waals surface area contributed by atoms with Gasteiger partial charge in [-0.25, -0.2) is 0 Å². The molecule has 0 aliphatic carbocycles. The predicted molar refractivity (Wildman–Crippen MR) is 73.7 cm³/mol. The van der Waals surface area contributed by atoms with Crippen LogP contribution in [0.5, 0.6) is 0 Å². The molecule has 0 radical (unpaired) electrons. The van der Waals surface area contributed by atoms with Crippen molar-refractivity contribution in [3.63, 3.8) is 0 Å². The van der Waals surface area contributed by atoms with E-state index in [1.165, 1.54) is 0 Å². The molecular weight excluding hydrogens is 222 g/mol. The van der Waals surface area contributed by atoms with Crippen molar-refractivity contribution in [2.45, 2.75) is 6.92 Å². The molecule has 0 atom stereocenters. The van der Waals surface area contributed by atoms with Crippen molar-refractivity contribution in [3.8, 4) is 11.1 Å². The number of carbonyl (C=O) groups excluding carboxylic acids is 1. The Morgan fingerprint density at radius 1 is 0.944 bits per heavy atom. The molecule has 0 aliphatic heterocycles. The van der Waals surface area contributed by atoms with Crippen LogP contribution >= 0.6 is 0 Å². The van der Waals surface area contributed by atoms with Gasteiger partial charge in [-0.15, -0.1) is 0 Å². The van der Waals surface area contributed by atoms with Crippen molar-refractivity contribution in [2.24, 2.45) is 0 Å². The number of nitrogens with zero attached hydrogens (tertiary/aromatic N) is 1. The molecule has 0 N–H and O–H groups in total. The van der Waals surface area contributed by atoms with E-state index in [1.807, 2.05) is 42.6 Å². The van der Waals surface area contributed by atoms with E-state index in [4.69, 9.17) is 0 Å². The van der Waals surface area contributed by atoms with Gasteiger partial charge in [-0.3, -0.25) is 9.36 Å². The Hall–Kier alpha value is -2.35. The molecule has 0 amide bonds. The third kappa shape index (κ3) is 1.63. The molecule has 0 saturated heterocycles. The first-order chi connectivity index (χ1) is 8.77. The van der Waals surface area contributed by atoms with Crippen LogP contribution in [0.2, 0.25) is 0 Å². The number of aromatic nitrogens is 1. The lowest BCUT2D eigenvalue weighted by molar-refractivity contribution is 0.0942. The minimum absolute atomic E-state index is 0.0355. The lowest BCUT2D eigenvalue weighted by atomic mass is 10.1. The SMILES string of the molecule is CC(=O)n1cc(-c2ccccc2)c2ccccc21. The van der Waals surface area contributed by atoms with E-state index >= 15 is 0 Å². The van der Waals surface area contributed by atoms with Crippen molar-refractivity contribution in [1.82, 2.24) is 4.57 Å². The first-order valence-corrected chi connectivity index (χ1v) is 5.94. The van der Waals surface area contributed by atoms with Crippen LogP contribution in [0.3, 0.4) is 0 Å². The van der Waals surface area contributed by atoms with E-state index in [9.17, 15) is 4.79 Å². The number of fused-ring (bicyclic) bond motifs is 1. The van der Waals surface area contributed by atoms with E-state index in [-0.39, 0.29) is 5.91 Å². The molecule has 3 aromatic rings. The zero-order valence-electron chi connectivity index (χ0n) is 10.1. The van der Waals surface area contributed by atoms with Crippen LogP contribution < -0.4 is 0 Å². The first-order valence-electron chi connectivity index (χ1n) is 5.94. The molecule has 1 heterocycles. The summed E-state index contributed by atoms with van der Waals surface area (Å²) in [6.07, 6.45) is 1.92. The molecule has 2 nitrogen and oxygen atoms in total. The third-order valence-electron chi connectivity index (χ3n) is 3.14. The number of benzene rings is 2. The molecule has 0 unspecified atom stereocenters. The lowest BCUT2D eigenvalue weighted by Gasteiger charge is -1.97. The highest BCUT2D eigenvalue weighted by atomic mass is 16.1. The minimum Gasteiger partial charge on any atom is -0.287 e. The van der Waals surface area contributed by atoms with Crippen LogP contribution in [-0.4, -0.2) is 10.5 Å². The average molecular weight is 235 g/mol. The van der Waals surface area contributed by atoms with Crippen molar-refractivity contribution in [3.05, 3.63) is 60.8 Å². The Labute approximate surface area is 105 Å². The van der Waals surface area contributed by atoms with E-state index in [2.05, 4.69) is 18.2 Å². The van der Waals surface area contributed by atoms with Gasteiger partial charge in [0.15, 0.2) is 0 Å². The largest absolute Gasteiger partial charge is 0.287 e. The summed E-state index contributed by atoms with van der Waals surface area (Å²) in [5.74, 6) is 0.0355. The van der Waals surface area contributed by atoms with Crippen LogP contribution in [0, 0.1) is 0 Å². The van der Waals surface area contributed by atoms with E-state index in [0.29, 0.717) is 0 Å². The predicted octanol–water partition coefficient (Wildman–Crippen LogP) is 3.97. The van der Waals surface area contributed by atoms with Crippen LogP contribution in [0.4, 0.5) is 0 Å². The monoisotopic (exact) mass is 235 g/mol. The first kappa shape index (κ1) is 10.8. The van der Waals surface area contributed by atoms with Gasteiger partial charge < -0.3 is 0 Å². The van der Waals surface area contributed by atoms with E-state index < -0.39 is 0 Å². The van der Waals surface area contributed by atoms with E-state index in [0.717, 1.165) is 22.0 Å². The van der Waals surface area contributed by atoms with Gasteiger partial charge in [-0.2, -0.15) is 0 Å². The summed E-state index contributed by atoms with van der Waals surface area (Å²) >= 11 is 0. The van der Waals surface area contributed by atoms with Crippen molar-refractivity contribution in [2.75, 3.05) is 0 Å². The summed E-state index contributed by atoms with van der Waals surface area (Å²) in [7, 11) is 0. The Kier molecular flexibility index (Phi) is 2.49. The van der Waals surface area contributed by atoms with Crippen LogP contribution in [-0.2, 0) is 0 Å². The smallest absolute Gasteiger partial charge is 0.227 e. The quantitative estimate of drug-likeness (QED) is 0.625. The fourth-order valence-corrected chi connectivity index (χ4v) is 2.29. The molecule has 88 valence electrons. The van der Waals surface area contributed by atoms with Gasteiger partial charge in [0.25, 0.3) is 0 Å². The summed E-state index contributed by atoms with van der Waals surface area (Å²) in [5.41, 5.74) is 3.19. The molecule has 0 fully saturated rings. The standard InChI is InChI=1S/C16H13NO/c1-12(18)17-11-15(13-7-3-2-4-8-13)14-9-5-6-10-16(14)17/h2-11H,1H3. The highest BCUT2D eigenvalue weighted by Gasteiger charge is 2.11. The third-order valence-corrected chi connectivity index (χ3v) is 3.14. The van der Waals surface area contributed by atoms with Gasteiger partial charge >= 0.3 is 0 Å². The second-order valence-corrected chi connectivity index (χ2v) is 4.31. The molecular formula is C16H13NO. The highest BCUT2D eigenvalue weighted by Crippen LogP contribution is 2.30. The molecule has 0 aliphatic rings. The van der Waals surface area contributed by atoms with Gasteiger partial charge in [-0.05, 0) is 11.6 Å². The van der Waals surface area contributed by atoms with Gasteiger partial charge in [0.05, 0.1) is 5.52 Å². The van der Waals surface area contributed by atoms with Crippen molar-refractivity contribution >= 4 is 16.8 Å². The molecule has 0 spiro atoms. The van der Waals surface area contributed by atoms with Gasteiger partial charge in [0.1, 0.15) is 0 Å². The Morgan fingerprint density at radius 3 is 2.33 bits per heavy atom. The minimum atomic E-state index is 0.0355. The van der Waals surface area contributed by atoms with Gasteiger partial charge in [-0.1, -0.05) is 48.5 Å². The molecule has 18 heavy (non-hydrogen) atoms. The van der Waals surface area contributed by atoms with E-state index in [1.54, 1.807) is 11.5 Å². The lowest BCUT2D eigenvalue weighted by Crippen LogP contribution is -2.02. The zero-order valence-corrected chi connectivity index (χ0v) is 10.1. The second kappa shape index (κ2) is 4.15. The van der Waals surface area contributed by atoms with Gasteiger partial charge in [0, 0.05) is 24.1 Å². The maximum Gasteiger partial charge on any atom is 0.227 e. The number of hydrogen-bond acceptors (Lipinski definition) is 1. The number of para-hydroxylation sites is 1. The fourth-order valence-electron chi connectivity index (χ4n) is 2.29. The van der Waals surface area contributed by atoms with Crippen LogP contribution in [0.15, 0.2) is 60.8 Å². The number of hydrogen-bond donors (Lipinski definition) is 0. The van der Waals surface area contributed by atoms with Gasteiger partial charge in [0.2, 0.25) is 5.91 Å². The van der Waals surface area contributed by atoms with Crippen LogP contribution in [0.25, 0.3) is 22.0 Å². The fraction of sp³-hybridized carbons (Fsp3) is 0.0625. The second-order valence-electron chi connectivity index (χ2n) is 4.31. The Bertz CT molecular complexity index is 710. The highest BCUT2D eigenvalue weighted by molar-refractivity contribution is 6.01. The normalized spacial score (nSPS) is 10.7. The van der Waals surface area contributed by atoms with Crippen LogP contribution in [0.1, 0.15) is 11.7 Å². The van der Waals surface area contributed by atoms with Crippen molar-refractivity contribution < 1.29 is 4.79 Å². The number of rotatable bonds is 1. The molecule has 2 aromatic carbocycles. The molecule has 0 saturated carbocycles. The Morgan fingerprint density at radius 2 is 1.61 bits per heavy atom. The molecule has 1 aromatic heterocycles. The number of carbonyl (C=O) groups is 1. The Balaban J connectivity index is 2.34. The maximum atomic E-state index is 11.7. The summed E-state index contributed by atoms with van der Waals surface area (Å²) < 4.78 is 1.71. The van der Waals surface area contributed by atoms with Crippen molar-refractivity contribution in [1.29, 1.82) is 0 Å². The summed E-state index contributed by atoms with van der Waals surface area (Å²) in [4.78, 5) is 11.7. The molecule has 3 rings (SSSR count). The maximum absolute atomic E-state index is 11.7. The summed E-state index contributed by atoms with van der Waals surface area (Å²) in [5, 5.41) is 1.11. The summed E-state index contributed by atoms with van der Waals surface area (Å²) in [6.45, 7) is 1.58. The summed E-state index contributed by atoms with van der Waals surface area (Å²) in [6, 6.07) is 18.1. The zero-order chi connectivity index (χ0) is 12.5. The topological polar surface area (TPSA) is 22.0 Å². The average Bonchev–Trinajstić information content (AvgIpc) is 2.79.